The Bertz CT molecular complexity index is 725. The quantitative estimate of drug-likeness (QED) is 0.788. The van der Waals surface area contributed by atoms with Gasteiger partial charge in [0.25, 0.3) is 0 Å². The van der Waals surface area contributed by atoms with Gasteiger partial charge in [0.1, 0.15) is 5.69 Å². The van der Waals surface area contributed by atoms with Gasteiger partial charge in [-0.2, -0.15) is 5.10 Å². The number of aryl methyl sites for hydroxylation is 4. The zero-order valence-electron chi connectivity index (χ0n) is 12.5. The van der Waals surface area contributed by atoms with Crippen LogP contribution in [0, 0.1) is 13.8 Å². The third-order valence-corrected chi connectivity index (χ3v) is 3.83. The molecule has 0 aliphatic heterocycles. The first-order chi connectivity index (χ1) is 9.62. The summed E-state index contributed by atoms with van der Waals surface area (Å²) in [5, 5.41) is 4.59. The molecule has 1 N–H and O–H groups in total. The van der Waals surface area contributed by atoms with Gasteiger partial charge in [-0.25, -0.2) is 4.98 Å². The summed E-state index contributed by atoms with van der Waals surface area (Å²) < 4.78 is 2.01. The van der Waals surface area contributed by atoms with E-state index in [0.29, 0.717) is 0 Å². The Morgan fingerprint density at radius 3 is 2.55 bits per heavy atom. The summed E-state index contributed by atoms with van der Waals surface area (Å²) in [5.74, 6) is 0.902. The fourth-order valence-electron chi connectivity index (χ4n) is 2.47. The van der Waals surface area contributed by atoms with Crippen molar-refractivity contribution in [3.05, 3.63) is 35.0 Å². The third kappa shape index (κ3) is 2.01. The van der Waals surface area contributed by atoms with Crippen molar-refractivity contribution in [3.8, 4) is 11.5 Å². The number of nitrogens with zero attached hydrogens (tertiary/aromatic N) is 3. The predicted molar refractivity (Wildman–Crippen MR) is 81.8 cm³/mol. The molecule has 0 aliphatic rings. The summed E-state index contributed by atoms with van der Waals surface area (Å²) in [4.78, 5) is 8.14. The van der Waals surface area contributed by atoms with Crippen LogP contribution in [0.3, 0.4) is 0 Å². The van der Waals surface area contributed by atoms with E-state index in [9.17, 15) is 0 Å². The number of fused-ring (bicyclic) bond motifs is 1. The maximum absolute atomic E-state index is 4.72. The average molecular weight is 268 g/mol. The van der Waals surface area contributed by atoms with Crippen molar-refractivity contribution >= 4 is 11.0 Å². The topological polar surface area (TPSA) is 46.5 Å². The Morgan fingerprint density at radius 2 is 1.85 bits per heavy atom. The number of hydrogen-bond acceptors (Lipinski definition) is 2. The van der Waals surface area contributed by atoms with Gasteiger partial charge in [0, 0.05) is 6.54 Å². The first-order valence-corrected chi connectivity index (χ1v) is 7.16. The molecule has 1 aromatic carbocycles. The second-order valence-electron chi connectivity index (χ2n) is 5.23. The molecule has 20 heavy (non-hydrogen) atoms. The number of aromatic nitrogens is 4. The first-order valence-electron chi connectivity index (χ1n) is 7.16. The SMILES string of the molecule is CCc1cc(-c2nc3cc(C)c(C)cc3[nH]2)n(CC)n1. The van der Waals surface area contributed by atoms with Crippen LogP contribution in [0.1, 0.15) is 30.7 Å². The number of imidazole rings is 1. The molecule has 0 aliphatic carbocycles. The van der Waals surface area contributed by atoms with E-state index in [1.165, 1.54) is 11.1 Å². The molecule has 0 spiro atoms. The smallest absolute Gasteiger partial charge is 0.156 e. The Balaban J connectivity index is 2.16. The van der Waals surface area contributed by atoms with Crippen LogP contribution in [0.5, 0.6) is 0 Å². The van der Waals surface area contributed by atoms with Crippen LogP contribution in [-0.4, -0.2) is 19.7 Å². The van der Waals surface area contributed by atoms with Gasteiger partial charge in [0.2, 0.25) is 0 Å². The minimum Gasteiger partial charge on any atom is -0.337 e. The highest BCUT2D eigenvalue weighted by molar-refractivity contribution is 5.80. The molecule has 0 bridgehead atoms. The monoisotopic (exact) mass is 268 g/mol. The third-order valence-electron chi connectivity index (χ3n) is 3.83. The van der Waals surface area contributed by atoms with E-state index < -0.39 is 0 Å². The number of H-pyrrole nitrogens is 1. The summed E-state index contributed by atoms with van der Waals surface area (Å²) in [7, 11) is 0. The molecule has 0 fully saturated rings. The molecule has 3 aromatic rings. The summed E-state index contributed by atoms with van der Waals surface area (Å²) >= 11 is 0. The van der Waals surface area contributed by atoms with Crippen LogP contribution < -0.4 is 0 Å². The molecular weight excluding hydrogens is 248 g/mol. The average Bonchev–Trinajstić information content (AvgIpc) is 3.02. The zero-order valence-corrected chi connectivity index (χ0v) is 12.5. The second kappa shape index (κ2) is 4.78. The van der Waals surface area contributed by atoms with E-state index in [0.717, 1.165) is 41.2 Å². The van der Waals surface area contributed by atoms with Gasteiger partial charge >= 0.3 is 0 Å². The van der Waals surface area contributed by atoms with Gasteiger partial charge in [-0.3, -0.25) is 4.68 Å². The minimum atomic E-state index is 0.852. The van der Waals surface area contributed by atoms with Crippen molar-refractivity contribution in [1.29, 1.82) is 0 Å². The zero-order chi connectivity index (χ0) is 14.3. The van der Waals surface area contributed by atoms with Gasteiger partial charge < -0.3 is 4.98 Å². The molecule has 104 valence electrons. The Hall–Kier alpha value is -2.10. The summed E-state index contributed by atoms with van der Waals surface area (Å²) in [6, 6.07) is 6.42. The van der Waals surface area contributed by atoms with Crippen molar-refractivity contribution in [2.24, 2.45) is 0 Å². The number of rotatable bonds is 3. The highest BCUT2D eigenvalue weighted by atomic mass is 15.3. The van der Waals surface area contributed by atoms with Crippen LogP contribution in [-0.2, 0) is 13.0 Å². The Morgan fingerprint density at radius 1 is 1.10 bits per heavy atom. The van der Waals surface area contributed by atoms with Crippen molar-refractivity contribution < 1.29 is 0 Å². The van der Waals surface area contributed by atoms with Crippen molar-refractivity contribution in [2.75, 3.05) is 0 Å². The standard InChI is InChI=1S/C16H20N4/c1-5-12-9-15(20(6-2)19-12)16-17-13-7-10(3)11(4)8-14(13)18-16/h7-9H,5-6H2,1-4H3,(H,17,18). The van der Waals surface area contributed by atoms with Crippen LogP contribution in [0.4, 0.5) is 0 Å². The van der Waals surface area contributed by atoms with Gasteiger partial charge in [0.05, 0.1) is 16.7 Å². The second-order valence-corrected chi connectivity index (χ2v) is 5.23. The van der Waals surface area contributed by atoms with Gasteiger partial charge in [0.15, 0.2) is 5.82 Å². The van der Waals surface area contributed by atoms with Crippen LogP contribution >= 0.6 is 0 Å². The molecule has 4 nitrogen and oxygen atoms in total. The predicted octanol–water partition coefficient (Wildman–Crippen LogP) is 3.63. The molecule has 0 saturated heterocycles. The summed E-state index contributed by atoms with van der Waals surface area (Å²) in [6.07, 6.45) is 0.943. The van der Waals surface area contributed by atoms with Crippen LogP contribution in [0.25, 0.3) is 22.6 Å². The molecule has 0 radical (unpaired) electrons. The lowest BCUT2D eigenvalue weighted by Crippen LogP contribution is -2.00. The van der Waals surface area contributed by atoms with Gasteiger partial charge in [-0.05, 0) is 56.5 Å². The minimum absolute atomic E-state index is 0.852. The van der Waals surface area contributed by atoms with Crippen LogP contribution in [0.15, 0.2) is 18.2 Å². The molecule has 0 amide bonds. The summed E-state index contributed by atoms with van der Waals surface area (Å²) in [6.45, 7) is 9.32. The molecular formula is C16H20N4. The number of benzene rings is 1. The summed E-state index contributed by atoms with van der Waals surface area (Å²) in [5.41, 5.74) is 6.83. The maximum atomic E-state index is 4.72. The highest BCUT2D eigenvalue weighted by Crippen LogP contribution is 2.23. The van der Waals surface area contributed by atoms with E-state index >= 15 is 0 Å². The molecule has 2 heterocycles. The highest BCUT2D eigenvalue weighted by Gasteiger charge is 2.12. The van der Waals surface area contributed by atoms with Crippen molar-refractivity contribution in [1.82, 2.24) is 19.7 Å². The molecule has 3 rings (SSSR count). The van der Waals surface area contributed by atoms with E-state index in [1.807, 2.05) is 4.68 Å². The Labute approximate surface area is 118 Å². The Kier molecular flexibility index (Phi) is 3.08. The number of aromatic amines is 1. The van der Waals surface area contributed by atoms with E-state index in [2.05, 4.69) is 56.0 Å². The largest absolute Gasteiger partial charge is 0.337 e. The lowest BCUT2D eigenvalue weighted by molar-refractivity contribution is 0.653. The molecule has 2 aromatic heterocycles. The molecule has 0 atom stereocenters. The molecule has 0 saturated carbocycles. The van der Waals surface area contributed by atoms with Crippen molar-refractivity contribution in [3.63, 3.8) is 0 Å². The van der Waals surface area contributed by atoms with Crippen LogP contribution in [0.2, 0.25) is 0 Å². The lowest BCUT2D eigenvalue weighted by Gasteiger charge is -2.00. The van der Waals surface area contributed by atoms with E-state index in [1.54, 1.807) is 0 Å². The van der Waals surface area contributed by atoms with Gasteiger partial charge in [-0.1, -0.05) is 6.92 Å². The fourth-order valence-corrected chi connectivity index (χ4v) is 2.47. The number of hydrogen-bond donors (Lipinski definition) is 1. The van der Waals surface area contributed by atoms with Gasteiger partial charge in [-0.15, -0.1) is 0 Å². The first kappa shape index (κ1) is 12.9. The molecule has 0 unspecified atom stereocenters. The van der Waals surface area contributed by atoms with E-state index in [4.69, 9.17) is 4.98 Å². The lowest BCUT2D eigenvalue weighted by atomic mass is 10.1. The molecule has 4 heteroatoms. The van der Waals surface area contributed by atoms with Crippen molar-refractivity contribution in [2.45, 2.75) is 40.7 Å². The maximum Gasteiger partial charge on any atom is 0.156 e. The fraction of sp³-hybridized carbons (Fsp3) is 0.375. The van der Waals surface area contributed by atoms with E-state index in [-0.39, 0.29) is 0 Å². The normalized spacial score (nSPS) is 11.4. The number of nitrogens with one attached hydrogen (secondary N) is 1.